The fourth-order valence-corrected chi connectivity index (χ4v) is 6.28. The van der Waals surface area contributed by atoms with Crippen LogP contribution in [0.4, 0.5) is 11.6 Å². The fourth-order valence-electron chi connectivity index (χ4n) is 5.45. The number of nitrogens with zero attached hydrogens (tertiary/aromatic N) is 8. The molecule has 7 rings (SSSR count). The number of hydrogen-bond donors (Lipinski definition) is 3. The van der Waals surface area contributed by atoms with Gasteiger partial charge in [0, 0.05) is 6.54 Å². The molecule has 6 heterocycles. The molecule has 1 aromatic carbocycles. The van der Waals surface area contributed by atoms with Crippen LogP contribution in [0, 0.1) is 0 Å². The minimum atomic E-state index is -0.831. The molecular weight excluding hydrogens is 574 g/mol. The lowest BCUT2D eigenvalue weighted by atomic mass is 10.1. The molecule has 0 spiro atoms. The SMILES string of the molecule is CC1(C)OC2C(O1)[C@@H](CNC(=O)CSc1nc3c(N)ncnc3n1Cc1ccccc1)O[C@H]2n1cnc2c(N)ncnc21. The molecule has 2 aliphatic heterocycles. The summed E-state index contributed by atoms with van der Waals surface area (Å²) in [5.74, 6) is -0.357. The molecule has 2 saturated heterocycles. The number of anilines is 2. The van der Waals surface area contributed by atoms with E-state index < -0.39 is 30.3 Å². The van der Waals surface area contributed by atoms with Gasteiger partial charge in [0.2, 0.25) is 5.91 Å². The highest BCUT2D eigenvalue weighted by molar-refractivity contribution is 7.99. The maximum absolute atomic E-state index is 13.1. The number of amides is 1. The number of aromatic nitrogens is 8. The van der Waals surface area contributed by atoms with Crippen LogP contribution in [-0.2, 0) is 25.5 Å². The van der Waals surface area contributed by atoms with Crippen LogP contribution in [0.3, 0.4) is 0 Å². The van der Waals surface area contributed by atoms with Crippen LogP contribution in [-0.4, -0.2) is 81.3 Å². The van der Waals surface area contributed by atoms with Crippen molar-refractivity contribution in [2.75, 3.05) is 23.8 Å². The molecule has 2 fully saturated rings. The third-order valence-electron chi connectivity index (χ3n) is 7.33. The van der Waals surface area contributed by atoms with E-state index in [1.807, 2.05) is 48.7 Å². The van der Waals surface area contributed by atoms with E-state index in [0.29, 0.717) is 34.0 Å². The van der Waals surface area contributed by atoms with E-state index >= 15 is 0 Å². The maximum Gasteiger partial charge on any atom is 0.230 e. The van der Waals surface area contributed by atoms with E-state index in [0.717, 1.165) is 5.56 Å². The van der Waals surface area contributed by atoms with Crippen molar-refractivity contribution in [3.8, 4) is 0 Å². The Kier molecular flexibility index (Phi) is 6.84. The highest BCUT2D eigenvalue weighted by atomic mass is 32.2. The van der Waals surface area contributed by atoms with Crippen LogP contribution in [0.1, 0.15) is 25.6 Å². The normalized spacial score (nSPS) is 22.7. The second-order valence-electron chi connectivity index (χ2n) is 10.7. The van der Waals surface area contributed by atoms with E-state index in [-0.39, 0.29) is 29.8 Å². The molecule has 0 saturated carbocycles. The van der Waals surface area contributed by atoms with Crippen molar-refractivity contribution in [3.05, 3.63) is 54.9 Å². The molecule has 5 aromatic rings. The molecule has 43 heavy (non-hydrogen) atoms. The van der Waals surface area contributed by atoms with Gasteiger partial charge < -0.3 is 31.0 Å². The Morgan fingerprint density at radius 2 is 1.70 bits per heavy atom. The largest absolute Gasteiger partial charge is 0.382 e. The molecule has 1 amide bonds. The Hall–Kier alpha value is -4.38. The van der Waals surface area contributed by atoms with Gasteiger partial charge in [-0.25, -0.2) is 29.9 Å². The average molecular weight is 604 g/mol. The molecule has 0 aliphatic carbocycles. The number of nitrogen functional groups attached to an aromatic ring is 2. The molecule has 4 aromatic heterocycles. The van der Waals surface area contributed by atoms with Gasteiger partial charge in [-0.2, -0.15) is 0 Å². The summed E-state index contributed by atoms with van der Waals surface area (Å²) in [6, 6.07) is 9.93. The van der Waals surface area contributed by atoms with Crippen molar-refractivity contribution in [2.24, 2.45) is 0 Å². The Labute approximate surface area is 249 Å². The van der Waals surface area contributed by atoms with Gasteiger partial charge in [0.15, 0.2) is 45.6 Å². The number of fused-ring (bicyclic) bond motifs is 3. The van der Waals surface area contributed by atoms with Gasteiger partial charge in [-0.15, -0.1) is 0 Å². The van der Waals surface area contributed by atoms with Gasteiger partial charge in [-0.3, -0.25) is 13.9 Å². The first-order valence-electron chi connectivity index (χ1n) is 13.6. The van der Waals surface area contributed by atoms with Gasteiger partial charge in [0.25, 0.3) is 0 Å². The second-order valence-corrected chi connectivity index (χ2v) is 11.6. The quantitative estimate of drug-likeness (QED) is 0.216. The van der Waals surface area contributed by atoms with Crippen LogP contribution >= 0.6 is 11.8 Å². The molecule has 16 heteroatoms. The number of ether oxygens (including phenoxy) is 3. The summed E-state index contributed by atoms with van der Waals surface area (Å²) >= 11 is 1.29. The van der Waals surface area contributed by atoms with Gasteiger partial charge >= 0.3 is 0 Å². The summed E-state index contributed by atoms with van der Waals surface area (Å²) in [7, 11) is 0. The zero-order chi connectivity index (χ0) is 29.7. The first-order valence-corrected chi connectivity index (χ1v) is 14.6. The third kappa shape index (κ3) is 5.11. The van der Waals surface area contributed by atoms with Crippen molar-refractivity contribution < 1.29 is 19.0 Å². The molecule has 4 atom stereocenters. The lowest BCUT2D eigenvalue weighted by Crippen LogP contribution is -2.40. The molecule has 5 N–H and O–H groups in total. The molecule has 222 valence electrons. The number of thioether (sulfide) groups is 1. The van der Waals surface area contributed by atoms with E-state index in [9.17, 15) is 4.79 Å². The van der Waals surface area contributed by atoms with E-state index in [4.69, 9.17) is 25.7 Å². The molecular formula is C27H29N11O4S. The summed E-state index contributed by atoms with van der Waals surface area (Å²) < 4.78 is 22.5. The lowest BCUT2D eigenvalue weighted by Gasteiger charge is -2.24. The Balaban J connectivity index is 1.05. The number of hydrogen-bond acceptors (Lipinski definition) is 13. The second kappa shape index (κ2) is 10.7. The number of carbonyl (C=O) groups is 1. The smallest absolute Gasteiger partial charge is 0.230 e. The first kappa shape index (κ1) is 27.5. The zero-order valence-corrected chi connectivity index (χ0v) is 24.1. The Morgan fingerprint density at radius 1 is 0.977 bits per heavy atom. The Bertz CT molecular complexity index is 1810. The van der Waals surface area contributed by atoms with E-state index in [1.54, 1.807) is 10.9 Å². The zero-order valence-electron chi connectivity index (χ0n) is 23.3. The van der Waals surface area contributed by atoms with Crippen molar-refractivity contribution in [2.45, 2.75) is 55.9 Å². The molecule has 2 unspecified atom stereocenters. The minimum Gasteiger partial charge on any atom is -0.382 e. The van der Waals surface area contributed by atoms with E-state index in [1.165, 1.54) is 24.4 Å². The predicted octanol–water partition coefficient (Wildman–Crippen LogP) is 1.50. The standard InChI is InChI=1S/C27H29N11O4S/c1-27(2)41-19-15(40-25(20(19)42-27)38-13-35-17-21(28)31-11-33-23(17)38)8-30-16(39)10-43-26-36-18-22(29)32-12-34-24(18)37(26)9-14-6-4-3-5-7-14/h3-7,11-13,15,19-20,25H,8-10H2,1-2H3,(H,30,39)(H2,28,31,33)(H2,29,32,34)/t15-,19?,20?,25-/m1/s1. The maximum atomic E-state index is 13.1. The van der Waals surface area contributed by atoms with E-state index in [2.05, 4.69) is 35.2 Å². The topological polar surface area (TPSA) is 196 Å². The Morgan fingerprint density at radius 3 is 2.49 bits per heavy atom. The van der Waals surface area contributed by atoms with Gasteiger partial charge in [0.1, 0.15) is 36.5 Å². The average Bonchev–Trinajstić information content (AvgIpc) is 3.73. The molecule has 0 bridgehead atoms. The third-order valence-corrected chi connectivity index (χ3v) is 8.30. The molecule has 15 nitrogen and oxygen atoms in total. The highest BCUT2D eigenvalue weighted by Gasteiger charge is 2.56. The minimum absolute atomic E-state index is 0.112. The summed E-state index contributed by atoms with van der Waals surface area (Å²) in [6.45, 7) is 4.42. The van der Waals surface area contributed by atoms with Crippen LogP contribution in [0.25, 0.3) is 22.3 Å². The number of benzene rings is 1. The van der Waals surface area contributed by atoms with Crippen molar-refractivity contribution in [1.82, 2.24) is 44.4 Å². The predicted molar refractivity (Wildman–Crippen MR) is 156 cm³/mol. The first-order chi connectivity index (χ1) is 20.8. The van der Waals surface area contributed by atoms with Gasteiger partial charge in [-0.05, 0) is 19.4 Å². The highest BCUT2D eigenvalue weighted by Crippen LogP contribution is 2.43. The van der Waals surface area contributed by atoms with Crippen LogP contribution in [0.2, 0.25) is 0 Å². The number of carbonyl (C=O) groups excluding carboxylic acids is 1. The van der Waals surface area contributed by atoms with Crippen molar-refractivity contribution >= 4 is 51.6 Å². The van der Waals surface area contributed by atoms with Crippen molar-refractivity contribution in [1.29, 1.82) is 0 Å². The summed E-state index contributed by atoms with van der Waals surface area (Å²) in [5, 5.41) is 3.59. The number of rotatable bonds is 8. The van der Waals surface area contributed by atoms with Crippen LogP contribution < -0.4 is 16.8 Å². The number of nitrogens with two attached hydrogens (primary N) is 2. The summed E-state index contributed by atoms with van der Waals surface area (Å²) in [5.41, 5.74) is 15.2. The number of nitrogens with one attached hydrogen (secondary N) is 1. The monoisotopic (exact) mass is 603 g/mol. The van der Waals surface area contributed by atoms with Gasteiger partial charge in [-0.1, -0.05) is 42.1 Å². The molecule has 2 aliphatic rings. The van der Waals surface area contributed by atoms with Crippen LogP contribution in [0.15, 0.2) is 54.5 Å². The van der Waals surface area contributed by atoms with Crippen LogP contribution in [0.5, 0.6) is 0 Å². The lowest BCUT2D eigenvalue weighted by molar-refractivity contribution is -0.195. The fraction of sp³-hybridized carbons (Fsp3) is 0.370. The number of imidazole rings is 2. The summed E-state index contributed by atoms with van der Waals surface area (Å²) in [4.78, 5) is 38.9. The van der Waals surface area contributed by atoms with Crippen molar-refractivity contribution in [3.63, 3.8) is 0 Å². The molecule has 0 radical (unpaired) electrons. The van der Waals surface area contributed by atoms with Gasteiger partial charge in [0.05, 0.1) is 18.6 Å². The summed E-state index contributed by atoms with van der Waals surface area (Å²) in [6.07, 6.45) is 2.43.